The fourth-order valence-electron chi connectivity index (χ4n) is 2.75. The van der Waals surface area contributed by atoms with Crippen LogP contribution in [0.5, 0.6) is 0 Å². The summed E-state index contributed by atoms with van der Waals surface area (Å²) in [5.74, 6) is 0.539. The highest BCUT2D eigenvalue weighted by Crippen LogP contribution is 2.26. The minimum atomic E-state index is 0.0673. The molecule has 0 aliphatic rings. The molecule has 0 fully saturated rings. The molecule has 0 saturated carbocycles. The van der Waals surface area contributed by atoms with Gasteiger partial charge in [0.05, 0.1) is 13.2 Å². The van der Waals surface area contributed by atoms with E-state index < -0.39 is 0 Å². The summed E-state index contributed by atoms with van der Waals surface area (Å²) in [6.45, 7) is 8.04. The molecular weight excluding hydrogens is 344 g/mol. The Morgan fingerprint density at radius 2 is 1.96 bits per heavy atom. The summed E-state index contributed by atoms with van der Waals surface area (Å²) in [5.41, 5.74) is 3.73. The van der Waals surface area contributed by atoms with E-state index in [9.17, 15) is 0 Å². The molecule has 0 bridgehead atoms. The van der Waals surface area contributed by atoms with Crippen LogP contribution in [0.15, 0.2) is 51.3 Å². The van der Waals surface area contributed by atoms with Crippen molar-refractivity contribution >= 4 is 39.7 Å². The zero-order valence-corrected chi connectivity index (χ0v) is 14.6. The van der Waals surface area contributed by atoms with Crippen molar-refractivity contribution in [3.8, 4) is 0 Å². The van der Waals surface area contributed by atoms with Gasteiger partial charge in [-0.1, -0.05) is 12.1 Å². The van der Waals surface area contributed by atoms with E-state index in [-0.39, 0.29) is 18.2 Å². The smallest absolute Gasteiger partial charge is 0.252 e. The zero-order chi connectivity index (χ0) is 18.8. The van der Waals surface area contributed by atoms with Gasteiger partial charge < -0.3 is 18.8 Å². The van der Waals surface area contributed by atoms with E-state index in [0.29, 0.717) is 34.6 Å². The number of fused-ring (bicyclic) bond motifs is 2. The van der Waals surface area contributed by atoms with Gasteiger partial charge in [0.1, 0.15) is 11.0 Å². The molecule has 7 heteroatoms. The highest BCUT2D eigenvalue weighted by Gasteiger charge is 2.14. The first kappa shape index (κ1) is 16.8. The number of anilines is 1. The van der Waals surface area contributed by atoms with Crippen molar-refractivity contribution in [1.82, 2.24) is 9.97 Å². The molecule has 0 aliphatic carbocycles. The van der Waals surface area contributed by atoms with Crippen molar-refractivity contribution in [2.75, 3.05) is 25.1 Å². The van der Waals surface area contributed by atoms with Crippen LogP contribution in [-0.4, -0.2) is 35.3 Å². The van der Waals surface area contributed by atoms with E-state index in [0.717, 1.165) is 5.69 Å². The lowest BCUT2D eigenvalue weighted by Crippen LogP contribution is -2.20. The fraction of sp³-hybridized carbons (Fsp3) is 0.150. The maximum absolute atomic E-state index is 9.07. The summed E-state index contributed by atoms with van der Waals surface area (Å²) in [4.78, 5) is 14.2. The quantitative estimate of drug-likeness (QED) is 0.545. The van der Waals surface area contributed by atoms with Crippen LogP contribution < -0.4 is 4.90 Å². The molecule has 134 valence electrons. The van der Waals surface area contributed by atoms with Crippen molar-refractivity contribution in [2.24, 2.45) is 0 Å². The SMILES string of the molecule is [C-]#[N+]/C(=C\c1nc2ccc(N(C)CCO)cc2o1)c1nc2ccccc2o1. The molecule has 0 atom stereocenters. The highest BCUT2D eigenvalue weighted by atomic mass is 16.4. The van der Waals surface area contributed by atoms with Crippen LogP contribution in [0.4, 0.5) is 5.69 Å². The van der Waals surface area contributed by atoms with Crippen molar-refractivity contribution in [3.63, 3.8) is 0 Å². The first-order chi connectivity index (χ1) is 13.2. The third-order valence-corrected chi connectivity index (χ3v) is 4.16. The number of oxazole rings is 2. The molecule has 0 saturated heterocycles. The lowest BCUT2D eigenvalue weighted by Gasteiger charge is -2.17. The second-order valence-corrected chi connectivity index (χ2v) is 5.98. The second-order valence-electron chi connectivity index (χ2n) is 5.98. The topological polar surface area (TPSA) is 79.9 Å². The predicted molar refractivity (Wildman–Crippen MR) is 103 cm³/mol. The van der Waals surface area contributed by atoms with Crippen LogP contribution in [0.25, 0.3) is 38.8 Å². The number of aromatic nitrogens is 2. The van der Waals surface area contributed by atoms with Crippen LogP contribution in [-0.2, 0) is 0 Å². The fourth-order valence-corrected chi connectivity index (χ4v) is 2.75. The molecule has 0 radical (unpaired) electrons. The van der Waals surface area contributed by atoms with Gasteiger partial charge in [-0.25, -0.2) is 14.8 Å². The molecule has 4 aromatic rings. The summed E-state index contributed by atoms with van der Waals surface area (Å²) in [5, 5.41) is 9.07. The van der Waals surface area contributed by atoms with Gasteiger partial charge >= 0.3 is 0 Å². The minimum absolute atomic E-state index is 0.0673. The molecular formula is C20H16N4O3. The third kappa shape index (κ3) is 3.26. The van der Waals surface area contributed by atoms with Gasteiger partial charge in [0.2, 0.25) is 11.8 Å². The normalized spacial score (nSPS) is 11.8. The lowest BCUT2D eigenvalue weighted by atomic mass is 10.2. The number of hydrogen-bond donors (Lipinski definition) is 1. The third-order valence-electron chi connectivity index (χ3n) is 4.16. The molecule has 2 aromatic heterocycles. The van der Waals surface area contributed by atoms with Crippen LogP contribution >= 0.6 is 0 Å². The Labute approximate surface area is 155 Å². The first-order valence-electron chi connectivity index (χ1n) is 8.35. The van der Waals surface area contributed by atoms with E-state index in [2.05, 4.69) is 14.8 Å². The number of benzene rings is 2. The highest BCUT2D eigenvalue weighted by molar-refractivity contribution is 5.85. The van der Waals surface area contributed by atoms with Gasteiger partial charge in [-0.15, -0.1) is 0 Å². The number of nitrogens with zero attached hydrogens (tertiary/aromatic N) is 4. The van der Waals surface area contributed by atoms with E-state index in [1.165, 1.54) is 6.08 Å². The number of aliphatic hydroxyl groups excluding tert-OH is 1. The number of para-hydroxylation sites is 2. The van der Waals surface area contributed by atoms with E-state index in [1.807, 2.05) is 48.3 Å². The maximum atomic E-state index is 9.07. The average Bonchev–Trinajstić information content (AvgIpc) is 3.28. The largest absolute Gasteiger partial charge is 0.447 e. The standard InChI is InChI=1S/C20H16N4O3/c1-21-16(20-23-14-5-3-4-6-17(14)27-20)12-19-22-15-8-7-13(11-18(15)26-19)24(2)9-10-25/h3-8,11-12,25H,9-10H2,2H3/b16-12-. The average molecular weight is 360 g/mol. The van der Waals surface area contributed by atoms with Crippen molar-refractivity contribution in [1.29, 1.82) is 0 Å². The van der Waals surface area contributed by atoms with Crippen molar-refractivity contribution in [2.45, 2.75) is 0 Å². The predicted octanol–water partition coefficient (Wildman–Crippen LogP) is 3.81. The van der Waals surface area contributed by atoms with Gasteiger partial charge in [0, 0.05) is 31.4 Å². The Morgan fingerprint density at radius 3 is 2.74 bits per heavy atom. The maximum Gasteiger partial charge on any atom is 0.252 e. The number of hydrogen-bond acceptors (Lipinski definition) is 6. The minimum Gasteiger partial charge on any atom is -0.447 e. The van der Waals surface area contributed by atoms with Crippen LogP contribution in [0.2, 0.25) is 0 Å². The molecule has 2 heterocycles. The Morgan fingerprint density at radius 1 is 1.15 bits per heavy atom. The number of rotatable bonds is 5. The second kappa shape index (κ2) is 6.94. The van der Waals surface area contributed by atoms with Gasteiger partial charge in [-0.2, -0.15) is 0 Å². The first-order valence-corrected chi connectivity index (χ1v) is 8.35. The monoisotopic (exact) mass is 360 g/mol. The lowest BCUT2D eigenvalue weighted by molar-refractivity contribution is 0.304. The zero-order valence-electron chi connectivity index (χ0n) is 14.6. The van der Waals surface area contributed by atoms with Gasteiger partial charge in [0.15, 0.2) is 11.2 Å². The molecule has 0 amide bonds. The van der Waals surface area contributed by atoms with E-state index >= 15 is 0 Å². The molecule has 0 unspecified atom stereocenters. The van der Waals surface area contributed by atoms with Crippen LogP contribution in [0, 0.1) is 6.57 Å². The Kier molecular flexibility index (Phi) is 4.32. The van der Waals surface area contributed by atoms with E-state index in [1.54, 1.807) is 6.07 Å². The number of likely N-dealkylation sites (N-methyl/N-ethyl adjacent to an activating group) is 1. The molecule has 4 rings (SSSR count). The van der Waals surface area contributed by atoms with Crippen LogP contribution in [0.3, 0.4) is 0 Å². The summed E-state index contributed by atoms with van der Waals surface area (Å²) >= 11 is 0. The Hall–Kier alpha value is -3.63. The van der Waals surface area contributed by atoms with Crippen molar-refractivity contribution in [3.05, 3.63) is 65.7 Å². The summed E-state index contributed by atoms with van der Waals surface area (Å²) in [6, 6.07) is 12.9. The van der Waals surface area contributed by atoms with Crippen molar-refractivity contribution < 1.29 is 13.9 Å². The van der Waals surface area contributed by atoms with E-state index in [4.69, 9.17) is 20.5 Å². The molecule has 0 aliphatic heterocycles. The summed E-state index contributed by atoms with van der Waals surface area (Å²) in [7, 11) is 1.89. The van der Waals surface area contributed by atoms with Gasteiger partial charge in [-0.3, -0.25) is 0 Å². The molecule has 7 nitrogen and oxygen atoms in total. The summed E-state index contributed by atoms with van der Waals surface area (Å²) in [6.07, 6.45) is 1.52. The summed E-state index contributed by atoms with van der Waals surface area (Å²) < 4.78 is 11.4. The van der Waals surface area contributed by atoms with Crippen LogP contribution in [0.1, 0.15) is 11.8 Å². The van der Waals surface area contributed by atoms with Gasteiger partial charge in [0.25, 0.3) is 5.70 Å². The Balaban J connectivity index is 1.70. The molecule has 0 spiro atoms. The Bertz CT molecular complexity index is 1150. The molecule has 2 aromatic carbocycles. The number of aliphatic hydroxyl groups is 1. The molecule has 27 heavy (non-hydrogen) atoms. The van der Waals surface area contributed by atoms with Gasteiger partial charge in [-0.05, 0) is 24.3 Å². The molecule has 1 N–H and O–H groups in total.